The molecule has 0 aliphatic rings. The molecule has 2 rings (SSSR count). The molecule has 2 aromatic carbocycles. The van der Waals surface area contributed by atoms with Crippen molar-refractivity contribution in [1.82, 2.24) is 0 Å². The molecule has 0 radical (unpaired) electrons. The Balaban J connectivity index is 2.20. The molecule has 0 bridgehead atoms. The zero-order valence-corrected chi connectivity index (χ0v) is 9.01. The van der Waals surface area contributed by atoms with Crippen LogP contribution in [0.4, 0.5) is 0 Å². The van der Waals surface area contributed by atoms with Gasteiger partial charge in [0, 0.05) is 11.1 Å². The molecular formula is C15H9O2-. The third-order valence-corrected chi connectivity index (χ3v) is 2.25. The van der Waals surface area contributed by atoms with Crippen LogP contribution in [0.2, 0.25) is 0 Å². The highest BCUT2D eigenvalue weighted by atomic mass is 16.4. The fourth-order valence-corrected chi connectivity index (χ4v) is 1.36. The summed E-state index contributed by atoms with van der Waals surface area (Å²) in [6.07, 6.45) is 0. The van der Waals surface area contributed by atoms with E-state index in [1.165, 1.54) is 12.1 Å². The van der Waals surface area contributed by atoms with E-state index < -0.39 is 5.97 Å². The fraction of sp³-hybridized carbons (Fsp3) is 0. The molecule has 0 N–H and O–H groups in total. The molecular weight excluding hydrogens is 212 g/mol. The summed E-state index contributed by atoms with van der Waals surface area (Å²) in [4.78, 5) is 10.5. The normalized spacial score (nSPS) is 9.18. The number of rotatable bonds is 1. The third-order valence-electron chi connectivity index (χ3n) is 2.25. The lowest BCUT2D eigenvalue weighted by molar-refractivity contribution is -0.255. The molecule has 0 fully saturated rings. The van der Waals surface area contributed by atoms with Crippen LogP contribution in [-0.2, 0) is 0 Å². The molecule has 0 aliphatic heterocycles. The smallest absolute Gasteiger partial charge is 0.0715 e. The summed E-state index contributed by atoms with van der Waals surface area (Å²) in [5.74, 6) is 4.79. The molecule has 0 atom stereocenters. The average Bonchev–Trinajstić information content (AvgIpc) is 2.38. The maximum Gasteiger partial charge on any atom is 0.0715 e. The Labute approximate surface area is 99.5 Å². The molecule has 0 unspecified atom stereocenters. The minimum Gasteiger partial charge on any atom is -0.545 e. The topological polar surface area (TPSA) is 40.1 Å². The van der Waals surface area contributed by atoms with Gasteiger partial charge in [-0.3, -0.25) is 0 Å². The predicted octanol–water partition coefficient (Wildman–Crippen LogP) is 1.45. The molecule has 0 amide bonds. The second kappa shape index (κ2) is 5.00. The Hall–Kier alpha value is -2.53. The lowest BCUT2D eigenvalue weighted by Gasteiger charge is -2.00. The van der Waals surface area contributed by atoms with Crippen LogP contribution < -0.4 is 5.11 Å². The van der Waals surface area contributed by atoms with E-state index >= 15 is 0 Å². The quantitative estimate of drug-likeness (QED) is 0.684. The van der Waals surface area contributed by atoms with Gasteiger partial charge in [0.05, 0.1) is 5.97 Å². The Bertz CT molecular complexity index is 572. The van der Waals surface area contributed by atoms with E-state index in [9.17, 15) is 9.90 Å². The number of carbonyl (C=O) groups excluding carboxylic acids is 1. The molecule has 17 heavy (non-hydrogen) atoms. The highest BCUT2D eigenvalue weighted by Crippen LogP contribution is 2.03. The SMILES string of the molecule is O=C([O-])c1ccc(C#Cc2ccccc2)cc1. The van der Waals surface area contributed by atoms with Gasteiger partial charge < -0.3 is 9.90 Å². The van der Waals surface area contributed by atoms with E-state index in [1.54, 1.807) is 12.1 Å². The lowest BCUT2D eigenvalue weighted by atomic mass is 10.1. The number of hydrogen-bond donors (Lipinski definition) is 0. The predicted molar refractivity (Wildman–Crippen MR) is 63.2 cm³/mol. The second-order valence-corrected chi connectivity index (χ2v) is 3.48. The van der Waals surface area contributed by atoms with Gasteiger partial charge in [0.25, 0.3) is 0 Å². The molecule has 2 aromatic rings. The van der Waals surface area contributed by atoms with Gasteiger partial charge >= 0.3 is 0 Å². The Morgan fingerprint density at radius 3 is 1.88 bits per heavy atom. The maximum absolute atomic E-state index is 10.5. The molecule has 0 saturated carbocycles. The van der Waals surface area contributed by atoms with Crippen LogP contribution in [0, 0.1) is 11.8 Å². The van der Waals surface area contributed by atoms with Crippen molar-refractivity contribution in [3.8, 4) is 11.8 Å². The number of carboxylic acids is 1. The van der Waals surface area contributed by atoms with Gasteiger partial charge in [-0.1, -0.05) is 42.2 Å². The molecule has 0 aliphatic carbocycles. The van der Waals surface area contributed by atoms with Gasteiger partial charge in [-0.05, 0) is 29.8 Å². The number of carboxylic acid groups (broad SMARTS) is 1. The van der Waals surface area contributed by atoms with Crippen LogP contribution in [0.5, 0.6) is 0 Å². The van der Waals surface area contributed by atoms with E-state index in [0.29, 0.717) is 0 Å². The van der Waals surface area contributed by atoms with Crippen molar-refractivity contribution in [1.29, 1.82) is 0 Å². The van der Waals surface area contributed by atoms with Gasteiger partial charge in [0.2, 0.25) is 0 Å². The summed E-state index contributed by atoms with van der Waals surface area (Å²) in [6.45, 7) is 0. The molecule has 0 aromatic heterocycles. The zero-order chi connectivity index (χ0) is 12.1. The van der Waals surface area contributed by atoms with E-state index in [1.807, 2.05) is 30.3 Å². The van der Waals surface area contributed by atoms with E-state index in [0.717, 1.165) is 11.1 Å². The summed E-state index contributed by atoms with van der Waals surface area (Å²) in [6, 6.07) is 15.9. The van der Waals surface area contributed by atoms with Crippen LogP contribution in [0.15, 0.2) is 54.6 Å². The van der Waals surface area contributed by atoms with Crippen LogP contribution >= 0.6 is 0 Å². The Morgan fingerprint density at radius 1 is 0.824 bits per heavy atom. The van der Waals surface area contributed by atoms with Crippen molar-refractivity contribution in [3.05, 3.63) is 71.3 Å². The van der Waals surface area contributed by atoms with Gasteiger partial charge in [-0.2, -0.15) is 0 Å². The van der Waals surface area contributed by atoms with E-state index in [4.69, 9.17) is 0 Å². The van der Waals surface area contributed by atoms with Crippen LogP contribution in [-0.4, -0.2) is 5.97 Å². The van der Waals surface area contributed by atoms with Gasteiger partial charge in [0.15, 0.2) is 0 Å². The van der Waals surface area contributed by atoms with E-state index in [-0.39, 0.29) is 5.56 Å². The molecule has 2 nitrogen and oxygen atoms in total. The molecule has 2 heteroatoms. The van der Waals surface area contributed by atoms with Crippen molar-refractivity contribution in [2.45, 2.75) is 0 Å². The maximum atomic E-state index is 10.5. The first-order valence-corrected chi connectivity index (χ1v) is 5.14. The van der Waals surface area contributed by atoms with Crippen molar-refractivity contribution in [3.63, 3.8) is 0 Å². The van der Waals surface area contributed by atoms with Gasteiger partial charge in [0.1, 0.15) is 0 Å². The fourth-order valence-electron chi connectivity index (χ4n) is 1.36. The van der Waals surface area contributed by atoms with Gasteiger partial charge in [-0.15, -0.1) is 0 Å². The first-order valence-electron chi connectivity index (χ1n) is 5.14. The first-order chi connectivity index (χ1) is 8.25. The number of hydrogen-bond acceptors (Lipinski definition) is 2. The largest absolute Gasteiger partial charge is 0.545 e. The summed E-state index contributed by atoms with van der Waals surface area (Å²) < 4.78 is 0. The Kier molecular flexibility index (Phi) is 3.23. The molecule has 0 heterocycles. The van der Waals surface area contributed by atoms with Crippen LogP contribution in [0.25, 0.3) is 0 Å². The second-order valence-electron chi connectivity index (χ2n) is 3.48. The van der Waals surface area contributed by atoms with Crippen LogP contribution in [0.1, 0.15) is 21.5 Å². The average molecular weight is 221 g/mol. The molecule has 0 spiro atoms. The number of aromatic carboxylic acids is 1. The monoisotopic (exact) mass is 221 g/mol. The Morgan fingerprint density at radius 2 is 1.35 bits per heavy atom. The van der Waals surface area contributed by atoms with Crippen molar-refractivity contribution < 1.29 is 9.90 Å². The summed E-state index contributed by atoms with van der Waals surface area (Å²) in [5.41, 5.74) is 1.87. The zero-order valence-electron chi connectivity index (χ0n) is 9.01. The molecule has 0 saturated heterocycles. The number of carbonyl (C=O) groups is 1. The van der Waals surface area contributed by atoms with Gasteiger partial charge in [-0.25, -0.2) is 0 Å². The van der Waals surface area contributed by atoms with Crippen molar-refractivity contribution in [2.75, 3.05) is 0 Å². The molecule has 82 valence electrons. The highest BCUT2D eigenvalue weighted by molar-refractivity contribution is 5.85. The summed E-state index contributed by atoms with van der Waals surface area (Å²) in [7, 11) is 0. The van der Waals surface area contributed by atoms with Crippen molar-refractivity contribution >= 4 is 5.97 Å². The minimum absolute atomic E-state index is 0.162. The summed E-state index contributed by atoms with van der Waals surface area (Å²) in [5, 5.41) is 10.5. The highest BCUT2D eigenvalue weighted by Gasteiger charge is 1.92. The summed E-state index contributed by atoms with van der Waals surface area (Å²) >= 11 is 0. The van der Waals surface area contributed by atoms with Crippen LogP contribution in [0.3, 0.4) is 0 Å². The third kappa shape index (κ3) is 2.96. The minimum atomic E-state index is -1.17. The van der Waals surface area contributed by atoms with E-state index in [2.05, 4.69) is 11.8 Å². The standard InChI is InChI=1S/C15H10O2/c16-15(17)14-10-8-13(9-11-14)7-6-12-4-2-1-3-5-12/h1-5,8-11H,(H,16,17)/p-1. The number of benzene rings is 2. The lowest BCUT2D eigenvalue weighted by Crippen LogP contribution is -2.21. The van der Waals surface area contributed by atoms with Crippen molar-refractivity contribution in [2.24, 2.45) is 0 Å². The first kappa shape index (κ1) is 11.0.